The van der Waals surface area contributed by atoms with E-state index in [0.29, 0.717) is 16.9 Å². The Hall–Kier alpha value is -3.17. The molecule has 2 aliphatic rings. The van der Waals surface area contributed by atoms with Crippen molar-refractivity contribution in [3.8, 4) is 0 Å². The molecular weight excluding hydrogens is 409 g/mol. The van der Waals surface area contributed by atoms with Crippen LogP contribution in [0, 0.1) is 11.9 Å². The van der Waals surface area contributed by atoms with Gasteiger partial charge in [0.15, 0.2) is 5.78 Å². The minimum absolute atomic E-state index is 0.124. The van der Waals surface area contributed by atoms with Crippen LogP contribution in [0.4, 0.5) is 24.8 Å². The van der Waals surface area contributed by atoms with E-state index in [0.717, 1.165) is 18.9 Å². The Morgan fingerprint density at radius 3 is 2.71 bits per heavy atom. The van der Waals surface area contributed by atoms with E-state index in [-0.39, 0.29) is 29.8 Å². The molecule has 0 unspecified atom stereocenters. The molecule has 0 bridgehead atoms. The van der Waals surface area contributed by atoms with E-state index in [4.69, 9.17) is 0 Å². The smallest absolute Gasteiger partial charge is 0.252 e. The fourth-order valence-corrected chi connectivity index (χ4v) is 3.88. The molecule has 3 heterocycles. The molecule has 2 aliphatic carbocycles. The number of alkyl halides is 2. The maximum absolute atomic E-state index is 14.6. The number of rotatable bonds is 8. The summed E-state index contributed by atoms with van der Waals surface area (Å²) in [6, 6.07) is 2.28. The first kappa shape index (κ1) is 19.8. The lowest BCUT2D eigenvalue weighted by Crippen LogP contribution is -2.44. The molecule has 0 spiro atoms. The summed E-state index contributed by atoms with van der Waals surface area (Å²) in [4.78, 5) is 28.2. The van der Waals surface area contributed by atoms with E-state index in [9.17, 15) is 18.0 Å². The average molecular weight is 430 g/mol. The molecule has 31 heavy (non-hydrogen) atoms. The summed E-state index contributed by atoms with van der Waals surface area (Å²) in [6.07, 6.45) is 5.77. The zero-order valence-corrected chi connectivity index (χ0v) is 16.6. The highest BCUT2D eigenvalue weighted by molar-refractivity contribution is 6.18. The monoisotopic (exact) mass is 430 g/mol. The third-order valence-corrected chi connectivity index (χ3v) is 5.79. The first-order chi connectivity index (χ1) is 14.9. The van der Waals surface area contributed by atoms with Crippen molar-refractivity contribution in [2.75, 3.05) is 17.2 Å². The van der Waals surface area contributed by atoms with E-state index in [1.807, 2.05) is 0 Å². The number of ketones is 1. The predicted molar refractivity (Wildman–Crippen MR) is 109 cm³/mol. The normalized spacial score (nSPS) is 18.0. The van der Waals surface area contributed by atoms with Crippen LogP contribution in [0.25, 0.3) is 11.0 Å². The lowest BCUT2D eigenvalue weighted by molar-refractivity contribution is -0.0794. The van der Waals surface area contributed by atoms with Crippen LogP contribution in [0.3, 0.4) is 0 Å². The number of aromatic amines is 1. The highest BCUT2D eigenvalue weighted by Gasteiger charge is 2.45. The average Bonchev–Trinajstić information content (AvgIpc) is 3.42. The second-order valence-corrected chi connectivity index (χ2v) is 8.28. The Bertz CT molecular complexity index is 1140. The van der Waals surface area contributed by atoms with Gasteiger partial charge in [0.25, 0.3) is 5.92 Å². The molecule has 3 N–H and O–H groups in total. The van der Waals surface area contributed by atoms with Gasteiger partial charge in [-0.25, -0.2) is 23.7 Å². The van der Waals surface area contributed by atoms with Gasteiger partial charge in [-0.2, -0.15) is 4.39 Å². The Morgan fingerprint density at radius 1 is 1.19 bits per heavy atom. The Morgan fingerprint density at radius 2 is 2.00 bits per heavy atom. The van der Waals surface area contributed by atoms with Crippen molar-refractivity contribution in [1.29, 1.82) is 0 Å². The van der Waals surface area contributed by atoms with Crippen molar-refractivity contribution in [3.63, 3.8) is 0 Å². The number of pyridine rings is 1. The lowest BCUT2D eigenvalue weighted by atomic mass is 9.88. The molecule has 5 rings (SSSR count). The molecule has 7 nitrogen and oxygen atoms in total. The quantitative estimate of drug-likeness (QED) is 0.367. The van der Waals surface area contributed by atoms with Crippen molar-refractivity contribution in [2.24, 2.45) is 5.92 Å². The van der Waals surface area contributed by atoms with Crippen molar-refractivity contribution >= 4 is 28.5 Å². The van der Waals surface area contributed by atoms with E-state index >= 15 is 0 Å². The second-order valence-electron chi connectivity index (χ2n) is 8.28. The summed E-state index contributed by atoms with van der Waals surface area (Å²) in [7, 11) is 0. The Labute approximate surface area is 175 Å². The fourth-order valence-electron chi connectivity index (χ4n) is 3.88. The largest absolute Gasteiger partial charge is 0.369 e. The van der Waals surface area contributed by atoms with E-state index in [1.54, 1.807) is 0 Å². The number of halogens is 3. The zero-order chi connectivity index (χ0) is 21.6. The van der Waals surface area contributed by atoms with Crippen molar-refractivity contribution in [1.82, 2.24) is 19.9 Å². The number of carbonyl (C=O) groups is 1. The molecule has 162 valence electrons. The summed E-state index contributed by atoms with van der Waals surface area (Å²) >= 11 is 0. The zero-order valence-electron chi connectivity index (χ0n) is 16.6. The first-order valence-corrected chi connectivity index (χ1v) is 10.3. The van der Waals surface area contributed by atoms with Gasteiger partial charge in [-0.05, 0) is 24.5 Å². The number of nitrogens with one attached hydrogen (secondary N) is 3. The molecule has 0 atom stereocenters. The fraction of sp³-hybridized carbons (Fsp3) is 0.429. The lowest BCUT2D eigenvalue weighted by Gasteiger charge is -2.35. The van der Waals surface area contributed by atoms with Gasteiger partial charge >= 0.3 is 0 Å². The number of nitrogens with zero attached hydrogens (tertiary/aromatic N) is 3. The van der Waals surface area contributed by atoms with E-state index in [1.165, 1.54) is 37.5 Å². The van der Waals surface area contributed by atoms with Crippen LogP contribution in [-0.4, -0.2) is 44.2 Å². The molecule has 10 heteroatoms. The third kappa shape index (κ3) is 4.06. The standard InChI is InChI=1S/C21H21F3N6O/c22-18-13(3-4-15(30-18)29-12-7-21(23,24)8-12)17(31)14-9-26-20-16(14)19(27-10-28-20)25-6-5-11-1-2-11/h3-4,9-12H,1-2,5-8H2,(H,29,30)(H2,25,26,27,28). The van der Waals surface area contributed by atoms with Crippen molar-refractivity contribution in [3.05, 3.63) is 41.7 Å². The molecule has 0 radical (unpaired) electrons. The molecule has 2 fully saturated rings. The van der Waals surface area contributed by atoms with E-state index < -0.39 is 23.7 Å². The SMILES string of the molecule is O=C(c1ccc(NC2CC(F)(F)C2)nc1F)c1c[nH]c2ncnc(NCCC3CC3)c12. The highest BCUT2D eigenvalue weighted by atomic mass is 19.3. The second kappa shape index (κ2) is 7.51. The summed E-state index contributed by atoms with van der Waals surface area (Å²) in [5.74, 6) is -2.82. The highest BCUT2D eigenvalue weighted by Crippen LogP contribution is 2.39. The molecule has 0 aromatic carbocycles. The predicted octanol–water partition coefficient (Wildman–Crippen LogP) is 4.14. The maximum atomic E-state index is 14.6. The molecule has 2 saturated carbocycles. The van der Waals surface area contributed by atoms with Crippen LogP contribution in [0.2, 0.25) is 0 Å². The Kier molecular flexibility index (Phi) is 4.79. The van der Waals surface area contributed by atoms with Crippen LogP contribution >= 0.6 is 0 Å². The van der Waals surface area contributed by atoms with Gasteiger partial charge in [0, 0.05) is 31.6 Å². The summed E-state index contributed by atoms with van der Waals surface area (Å²) in [5, 5.41) is 6.53. The van der Waals surface area contributed by atoms with Crippen molar-refractivity contribution < 1.29 is 18.0 Å². The molecule has 0 aliphatic heterocycles. The molecule has 0 saturated heterocycles. The summed E-state index contributed by atoms with van der Waals surface area (Å²) in [5.41, 5.74) is 0.507. The van der Waals surface area contributed by atoms with Crippen LogP contribution in [-0.2, 0) is 0 Å². The molecule has 0 amide bonds. The van der Waals surface area contributed by atoms with Gasteiger partial charge in [0.1, 0.15) is 23.6 Å². The number of fused-ring (bicyclic) bond motifs is 1. The molecule has 3 aromatic rings. The molecular formula is C21H21F3N6O. The number of H-pyrrole nitrogens is 1. The number of aromatic nitrogens is 4. The van der Waals surface area contributed by atoms with Crippen molar-refractivity contribution in [2.45, 2.75) is 44.1 Å². The topological polar surface area (TPSA) is 95.6 Å². The van der Waals surface area contributed by atoms with Gasteiger partial charge in [-0.3, -0.25) is 4.79 Å². The summed E-state index contributed by atoms with van der Waals surface area (Å²) in [6.45, 7) is 0.728. The number of hydrogen-bond acceptors (Lipinski definition) is 6. The first-order valence-electron chi connectivity index (χ1n) is 10.3. The number of hydrogen-bond donors (Lipinski definition) is 3. The Balaban J connectivity index is 1.36. The number of carbonyl (C=O) groups excluding carboxylic acids is 1. The summed E-state index contributed by atoms with van der Waals surface area (Å²) < 4.78 is 40.6. The van der Waals surface area contributed by atoms with Gasteiger partial charge in [0.05, 0.1) is 16.5 Å². The minimum atomic E-state index is -2.69. The minimum Gasteiger partial charge on any atom is -0.369 e. The van der Waals surface area contributed by atoms with Crippen LogP contribution < -0.4 is 10.6 Å². The van der Waals surface area contributed by atoms with Gasteiger partial charge in [-0.1, -0.05) is 12.8 Å². The van der Waals surface area contributed by atoms with Crippen LogP contribution in [0.5, 0.6) is 0 Å². The third-order valence-electron chi connectivity index (χ3n) is 5.79. The number of anilines is 2. The van der Waals surface area contributed by atoms with Gasteiger partial charge in [-0.15, -0.1) is 0 Å². The van der Waals surface area contributed by atoms with E-state index in [2.05, 4.69) is 30.6 Å². The van der Waals surface area contributed by atoms with Crippen LogP contribution in [0.15, 0.2) is 24.7 Å². The maximum Gasteiger partial charge on any atom is 0.252 e. The molecule has 3 aromatic heterocycles. The van der Waals surface area contributed by atoms with Gasteiger partial charge in [0.2, 0.25) is 5.95 Å². The van der Waals surface area contributed by atoms with Gasteiger partial charge < -0.3 is 15.6 Å². The van der Waals surface area contributed by atoms with Crippen LogP contribution in [0.1, 0.15) is 48.0 Å².